The Morgan fingerprint density at radius 2 is 1.62 bits per heavy atom. The van der Waals surface area contributed by atoms with Crippen molar-refractivity contribution in [2.45, 2.75) is 52.9 Å². The van der Waals surface area contributed by atoms with Gasteiger partial charge in [0.15, 0.2) is 0 Å². The number of benzene rings is 4. The van der Waals surface area contributed by atoms with E-state index in [2.05, 4.69) is 130 Å². The van der Waals surface area contributed by atoms with Crippen LogP contribution in [-0.2, 0) is 5.41 Å². The van der Waals surface area contributed by atoms with E-state index in [0.717, 1.165) is 44.4 Å². The number of rotatable bonds is 4. The quantitative estimate of drug-likeness (QED) is 0.219. The van der Waals surface area contributed by atoms with Gasteiger partial charge in [-0.05, 0) is 76.4 Å². The summed E-state index contributed by atoms with van der Waals surface area (Å²) in [4.78, 5) is 9.82. The van der Waals surface area contributed by atoms with Gasteiger partial charge >= 0.3 is 0 Å². The molecule has 0 amide bonds. The summed E-state index contributed by atoms with van der Waals surface area (Å²) in [5, 5.41) is 2.21. The zero-order valence-electron chi connectivity index (χ0n) is 25.1. The van der Waals surface area contributed by atoms with E-state index in [1.54, 1.807) is 0 Å². The van der Waals surface area contributed by atoms with Gasteiger partial charge in [0.25, 0.3) is 0 Å². The molecule has 0 unspecified atom stereocenters. The van der Waals surface area contributed by atoms with Gasteiger partial charge in [-0.15, -0.1) is 0 Å². The molecule has 4 nitrogen and oxygen atoms in total. The van der Waals surface area contributed by atoms with Crippen molar-refractivity contribution < 1.29 is 4.42 Å². The Labute approximate surface area is 246 Å². The third kappa shape index (κ3) is 4.21. The molecule has 4 aromatic carbocycles. The second-order valence-electron chi connectivity index (χ2n) is 12.7. The first-order valence-electron chi connectivity index (χ1n) is 14.7. The lowest BCUT2D eigenvalue weighted by molar-refractivity contribution is 0.585. The van der Waals surface area contributed by atoms with Crippen molar-refractivity contribution in [2.24, 2.45) is 0 Å². The topological polar surface area (TPSA) is 43.9 Å². The van der Waals surface area contributed by atoms with Crippen molar-refractivity contribution in [3.8, 4) is 28.2 Å². The molecule has 0 N–H and O–H groups in total. The van der Waals surface area contributed by atoms with Crippen molar-refractivity contribution in [3.05, 3.63) is 114 Å². The highest BCUT2D eigenvalue weighted by Gasteiger charge is 2.28. The molecule has 0 aliphatic heterocycles. The minimum atomic E-state index is -0.136. The third-order valence-electron chi connectivity index (χ3n) is 8.25. The number of fused-ring (bicyclic) bond motifs is 4. The predicted molar refractivity (Wildman–Crippen MR) is 175 cm³/mol. The van der Waals surface area contributed by atoms with Crippen LogP contribution in [0.1, 0.15) is 57.2 Å². The fourth-order valence-corrected chi connectivity index (χ4v) is 6.13. The van der Waals surface area contributed by atoms with Gasteiger partial charge in [-0.25, -0.2) is 4.98 Å². The van der Waals surface area contributed by atoms with Gasteiger partial charge in [-0.2, -0.15) is 0 Å². The van der Waals surface area contributed by atoms with E-state index < -0.39 is 0 Å². The summed E-state index contributed by atoms with van der Waals surface area (Å²) in [6.07, 6.45) is 3.76. The molecule has 3 aromatic heterocycles. The highest BCUT2D eigenvalue weighted by molar-refractivity contribution is 6.09. The average molecular weight is 550 g/mol. The van der Waals surface area contributed by atoms with Gasteiger partial charge in [-0.3, -0.25) is 9.55 Å². The van der Waals surface area contributed by atoms with Crippen LogP contribution in [0.3, 0.4) is 0 Å². The summed E-state index contributed by atoms with van der Waals surface area (Å²) in [6, 6.07) is 30.2. The minimum absolute atomic E-state index is 0.136. The highest BCUT2D eigenvalue weighted by Crippen LogP contribution is 2.43. The number of furan rings is 1. The molecular weight excluding hydrogens is 514 g/mol. The molecule has 0 bridgehead atoms. The normalized spacial score (nSPS) is 12.3. The molecule has 0 saturated heterocycles. The van der Waals surface area contributed by atoms with Crippen LogP contribution in [0.15, 0.2) is 102 Å². The Morgan fingerprint density at radius 3 is 2.38 bits per heavy atom. The Kier molecular flexibility index (Phi) is 6.05. The van der Waals surface area contributed by atoms with Crippen molar-refractivity contribution >= 4 is 33.0 Å². The Bertz CT molecular complexity index is 2110. The largest absolute Gasteiger partial charge is 0.455 e. The molecule has 3 heterocycles. The molecule has 208 valence electrons. The molecule has 0 aliphatic carbocycles. The number of nitrogens with zero attached hydrogens (tertiary/aromatic N) is 3. The van der Waals surface area contributed by atoms with E-state index in [4.69, 9.17) is 9.40 Å². The number of pyridine rings is 1. The maximum atomic E-state index is 6.59. The van der Waals surface area contributed by atoms with Crippen LogP contribution in [0.4, 0.5) is 0 Å². The second-order valence-corrected chi connectivity index (χ2v) is 12.7. The SMILES string of the molecule is Cc1ccc2c(c1)oc1c(-c3nc4ccncc4n3-c3c(C(C)C)cc(-c4ccccc4)cc3C(C)(C)C)cccc12. The van der Waals surface area contributed by atoms with Crippen LogP contribution < -0.4 is 0 Å². The molecule has 42 heavy (non-hydrogen) atoms. The lowest BCUT2D eigenvalue weighted by atomic mass is 9.80. The van der Waals surface area contributed by atoms with Gasteiger partial charge in [0.05, 0.1) is 28.5 Å². The molecule has 0 saturated carbocycles. The maximum absolute atomic E-state index is 6.59. The summed E-state index contributed by atoms with van der Waals surface area (Å²) in [5.41, 5.74) is 11.8. The number of hydrogen-bond acceptors (Lipinski definition) is 3. The number of para-hydroxylation sites is 1. The number of aryl methyl sites for hydroxylation is 1. The molecule has 0 fully saturated rings. The smallest absolute Gasteiger partial charge is 0.149 e. The molecule has 7 aromatic rings. The Morgan fingerprint density at radius 1 is 0.810 bits per heavy atom. The first-order chi connectivity index (χ1) is 20.2. The zero-order valence-corrected chi connectivity index (χ0v) is 25.1. The van der Waals surface area contributed by atoms with Gasteiger partial charge < -0.3 is 4.42 Å². The monoisotopic (exact) mass is 549 g/mol. The van der Waals surface area contributed by atoms with Gasteiger partial charge in [0.1, 0.15) is 17.0 Å². The summed E-state index contributed by atoms with van der Waals surface area (Å²) in [5.74, 6) is 1.14. The van der Waals surface area contributed by atoms with Crippen LogP contribution >= 0.6 is 0 Å². The maximum Gasteiger partial charge on any atom is 0.149 e. The fraction of sp³-hybridized carbons (Fsp3) is 0.211. The first kappa shape index (κ1) is 26.2. The number of aromatic nitrogens is 3. The lowest BCUT2D eigenvalue weighted by Gasteiger charge is -2.29. The summed E-state index contributed by atoms with van der Waals surface area (Å²) in [6.45, 7) is 13.5. The van der Waals surface area contributed by atoms with Gasteiger partial charge in [0.2, 0.25) is 0 Å². The summed E-state index contributed by atoms with van der Waals surface area (Å²) >= 11 is 0. The van der Waals surface area contributed by atoms with Crippen LogP contribution in [0.2, 0.25) is 0 Å². The van der Waals surface area contributed by atoms with E-state index in [1.807, 2.05) is 18.5 Å². The van der Waals surface area contributed by atoms with Gasteiger partial charge in [0, 0.05) is 17.0 Å². The summed E-state index contributed by atoms with van der Waals surface area (Å²) in [7, 11) is 0. The van der Waals surface area contributed by atoms with Crippen LogP contribution in [0.5, 0.6) is 0 Å². The fourth-order valence-electron chi connectivity index (χ4n) is 6.13. The first-order valence-corrected chi connectivity index (χ1v) is 14.7. The predicted octanol–water partition coefficient (Wildman–Crippen LogP) is 10.4. The van der Waals surface area contributed by atoms with E-state index >= 15 is 0 Å². The number of imidazole rings is 1. The molecular formula is C38H35N3O. The van der Waals surface area contributed by atoms with E-state index in [1.165, 1.54) is 33.5 Å². The van der Waals surface area contributed by atoms with Crippen LogP contribution in [0.25, 0.3) is 61.2 Å². The molecule has 4 heteroatoms. The standard InChI is InChI=1S/C38H35N3O/c1-23(2)30-20-26(25-11-8-7-9-12-25)21-31(38(4,5)6)35(30)41-33-22-39-18-17-32(33)40-37(41)29-14-10-13-28-27-16-15-24(3)19-34(27)42-36(28)29/h7-23H,1-6H3. The van der Waals surface area contributed by atoms with E-state index in [0.29, 0.717) is 0 Å². The Hall–Kier alpha value is -4.70. The van der Waals surface area contributed by atoms with Crippen molar-refractivity contribution in [1.29, 1.82) is 0 Å². The molecule has 0 aliphatic rings. The number of hydrogen-bond donors (Lipinski definition) is 0. The van der Waals surface area contributed by atoms with Crippen molar-refractivity contribution in [2.75, 3.05) is 0 Å². The van der Waals surface area contributed by atoms with Crippen LogP contribution in [0, 0.1) is 6.92 Å². The van der Waals surface area contributed by atoms with Crippen LogP contribution in [-0.4, -0.2) is 14.5 Å². The van der Waals surface area contributed by atoms with E-state index in [-0.39, 0.29) is 11.3 Å². The molecule has 0 spiro atoms. The third-order valence-corrected chi connectivity index (χ3v) is 8.25. The molecule has 0 radical (unpaired) electrons. The minimum Gasteiger partial charge on any atom is -0.455 e. The summed E-state index contributed by atoms with van der Waals surface area (Å²) < 4.78 is 8.92. The van der Waals surface area contributed by atoms with E-state index in [9.17, 15) is 0 Å². The highest BCUT2D eigenvalue weighted by atomic mass is 16.3. The van der Waals surface area contributed by atoms with Crippen molar-refractivity contribution in [3.63, 3.8) is 0 Å². The van der Waals surface area contributed by atoms with Crippen molar-refractivity contribution in [1.82, 2.24) is 14.5 Å². The zero-order chi connectivity index (χ0) is 29.2. The Balaban J connectivity index is 1.61. The molecule has 7 rings (SSSR count). The second kappa shape index (κ2) is 9.70. The van der Waals surface area contributed by atoms with Gasteiger partial charge in [-0.1, -0.05) is 89.2 Å². The average Bonchev–Trinajstić information content (AvgIpc) is 3.54. The molecule has 0 atom stereocenters. The lowest BCUT2D eigenvalue weighted by Crippen LogP contribution is -2.18.